The number of esters is 1. The maximum atomic E-state index is 12.1. The molecule has 5 nitrogen and oxygen atoms in total. The number of cyclic esters (lactones) is 1. The molecule has 0 unspecified atom stereocenters. The van der Waals surface area contributed by atoms with Gasteiger partial charge in [0.15, 0.2) is 17.2 Å². The van der Waals surface area contributed by atoms with Crippen LogP contribution in [0.4, 0.5) is 0 Å². The van der Waals surface area contributed by atoms with Crippen LogP contribution in [0.15, 0.2) is 58.0 Å². The SMILES string of the molecule is COc1ccc(C2=N/C(=C\c3ccc(SC)cc3)C(=O)O2)cc1OC. The summed E-state index contributed by atoms with van der Waals surface area (Å²) in [6.45, 7) is 0. The average molecular weight is 355 g/mol. The van der Waals surface area contributed by atoms with Crippen LogP contribution in [0, 0.1) is 0 Å². The summed E-state index contributed by atoms with van der Waals surface area (Å²) >= 11 is 1.66. The molecule has 0 atom stereocenters. The van der Waals surface area contributed by atoms with Crippen LogP contribution < -0.4 is 9.47 Å². The zero-order valence-electron chi connectivity index (χ0n) is 14.1. The van der Waals surface area contributed by atoms with E-state index in [0.29, 0.717) is 17.1 Å². The Morgan fingerprint density at radius 1 is 1.04 bits per heavy atom. The number of thioether (sulfide) groups is 1. The summed E-state index contributed by atoms with van der Waals surface area (Å²) in [5, 5.41) is 0. The van der Waals surface area contributed by atoms with Gasteiger partial charge in [0.25, 0.3) is 0 Å². The molecule has 1 aliphatic heterocycles. The lowest BCUT2D eigenvalue weighted by atomic mass is 10.2. The third-order valence-electron chi connectivity index (χ3n) is 3.67. The maximum absolute atomic E-state index is 12.1. The minimum atomic E-state index is -0.473. The van der Waals surface area contributed by atoms with Gasteiger partial charge >= 0.3 is 5.97 Å². The van der Waals surface area contributed by atoms with E-state index in [4.69, 9.17) is 14.2 Å². The Labute approximate surface area is 150 Å². The fraction of sp³-hybridized carbons (Fsp3) is 0.158. The first kappa shape index (κ1) is 17.1. The van der Waals surface area contributed by atoms with Crippen LogP contribution >= 0.6 is 11.8 Å². The predicted molar refractivity (Wildman–Crippen MR) is 98.4 cm³/mol. The third-order valence-corrected chi connectivity index (χ3v) is 4.41. The van der Waals surface area contributed by atoms with E-state index in [1.807, 2.05) is 30.5 Å². The highest BCUT2D eigenvalue weighted by molar-refractivity contribution is 7.98. The van der Waals surface area contributed by atoms with E-state index in [-0.39, 0.29) is 11.6 Å². The molecular formula is C19H17NO4S. The lowest BCUT2D eigenvalue weighted by Gasteiger charge is -2.08. The van der Waals surface area contributed by atoms with Gasteiger partial charge in [-0.3, -0.25) is 0 Å². The number of ether oxygens (including phenoxy) is 3. The summed E-state index contributed by atoms with van der Waals surface area (Å²) in [4.78, 5) is 17.6. The normalized spacial score (nSPS) is 15.1. The molecule has 2 aromatic rings. The lowest BCUT2D eigenvalue weighted by Crippen LogP contribution is -2.05. The summed E-state index contributed by atoms with van der Waals surface area (Å²) in [6.07, 6.45) is 3.72. The van der Waals surface area contributed by atoms with Crippen molar-refractivity contribution in [1.29, 1.82) is 0 Å². The predicted octanol–water partition coefficient (Wildman–Crippen LogP) is 3.77. The first-order valence-electron chi connectivity index (χ1n) is 7.53. The molecule has 6 heteroatoms. The molecule has 0 N–H and O–H groups in total. The van der Waals surface area contributed by atoms with Crippen LogP contribution in [-0.4, -0.2) is 32.3 Å². The van der Waals surface area contributed by atoms with E-state index >= 15 is 0 Å². The van der Waals surface area contributed by atoms with Gasteiger partial charge in [0.1, 0.15) is 0 Å². The molecule has 2 aromatic carbocycles. The van der Waals surface area contributed by atoms with E-state index in [1.54, 1.807) is 50.3 Å². The quantitative estimate of drug-likeness (QED) is 0.464. The molecule has 0 saturated carbocycles. The monoisotopic (exact) mass is 355 g/mol. The van der Waals surface area contributed by atoms with Crippen molar-refractivity contribution in [2.24, 2.45) is 4.99 Å². The average Bonchev–Trinajstić information content (AvgIpc) is 3.02. The van der Waals surface area contributed by atoms with Gasteiger partial charge in [-0.2, -0.15) is 0 Å². The van der Waals surface area contributed by atoms with Crippen molar-refractivity contribution in [3.05, 3.63) is 59.3 Å². The number of aliphatic imine (C=N–C) groups is 1. The molecule has 128 valence electrons. The van der Waals surface area contributed by atoms with Crippen molar-refractivity contribution in [2.45, 2.75) is 4.90 Å². The summed E-state index contributed by atoms with van der Waals surface area (Å²) in [6, 6.07) is 13.1. The van der Waals surface area contributed by atoms with Gasteiger partial charge in [0.05, 0.1) is 14.2 Å². The minimum Gasteiger partial charge on any atom is -0.493 e. The summed E-state index contributed by atoms with van der Waals surface area (Å²) < 4.78 is 15.8. The molecule has 0 aliphatic carbocycles. The second-order valence-corrected chi connectivity index (χ2v) is 6.06. The molecule has 0 aromatic heterocycles. The van der Waals surface area contributed by atoms with Crippen LogP contribution in [-0.2, 0) is 9.53 Å². The van der Waals surface area contributed by atoms with Crippen LogP contribution in [0.3, 0.4) is 0 Å². The number of methoxy groups -OCH3 is 2. The molecule has 25 heavy (non-hydrogen) atoms. The van der Waals surface area contributed by atoms with Crippen molar-refractivity contribution < 1.29 is 19.0 Å². The molecule has 0 spiro atoms. The Hall–Kier alpha value is -2.73. The van der Waals surface area contributed by atoms with Gasteiger partial charge in [0.2, 0.25) is 5.90 Å². The molecule has 1 aliphatic rings. The smallest absolute Gasteiger partial charge is 0.363 e. The van der Waals surface area contributed by atoms with E-state index < -0.39 is 5.97 Å². The maximum Gasteiger partial charge on any atom is 0.363 e. The van der Waals surface area contributed by atoms with Crippen LogP contribution in [0.25, 0.3) is 6.08 Å². The fourth-order valence-corrected chi connectivity index (χ4v) is 2.77. The first-order chi connectivity index (χ1) is 12.1. The van der Waals surface area contributed by atoms with Gasteiger partial charge < -0.3 is 14.2 Å². The van der Waals surface area contributed by atoms with Crippen LogP contribution in [0.5, 0.6) is 11.5 Å². The van der Waals surface area contributed by atoms with E-state index in [9.17, 15) is 4.79 Å². The van der Waals surface area contributed by atoms with Crippen LogP contribution in [0.1, 0.15) is 11.1 Å². The number of carbonyl (C=O) groups is 1. The zero-order chi connectivity index (χ0) is 17.8. The number of benzene rings is 2. The third kappa shape index (κ3) is 3.69. The second kappa shape index (κ2) is 7.44. The molecular weight excluding hydrogens is 338 g/mol. The fourth-order valence-electron chi connectivity index (χ4n) is 2.36. The van der Waals surface area contributed by atoms with E-state index in [1.165, 1.54) is 0 Å². The van der Waals surface area contributed by atoms with Crippen molar-refractivity contribution in [2.75, 3.05) is 20.5 Å². The summed E-state index contributed by atoms with van der Waals surface area (Å²) in [5.74, 6) is 0.918. The van der Waals surface area contributed by atoms with Crippen LogP contribution in [0.2, 0.25) is 0 Å². The van der Waals surface area contributed by atoms with Crippen molar-refractivity contribution >= 4 is 29.7 Å². The van der Waals surface area contributed by atoms with Crippen molar-refractivity contribution in [3.8, 4) is 11.5 Å². The molecule has 0 saturated heterocycles. The van der Waals surface area contributed by atoms with Crippen molar-refractivity contribution in [3.63, 3.8) is 0 Å². The molecule has 0 bridgehead atoms. The summed E-state index contributed by atoms with van der Waals surface area (Å²) in [5.41, 5.74) is 1.80. The Kier molecular flexibility index (Phi) is 5.09. The zero-order valence-corrected chi connectivity index (χ0v) is 14.9. The second-order valence-electron chi connectivity index (χ2n) is 5.18. The van der Waals surface area contributed by atoms with Gasteiger partial charge in [-0.15, -0.1) is 11.8 Å². The topological polar surface area (TPSA) is 57.1 Å². The lowest BCUT2D eigenvalue weighted by molar-refractivity contribution is -0.129. The number of rotatable bonds is 5. The minimum absolute atomic E-state index is 0.248. The molecule has 0 radical (unpaired) electrons. The van der Waals surface area contributed by atoms with Gasteiger partial charge in [-0.25, -0.2) is 9.79 Å². The largest absolute Gasteiger partial charge is 0.493 e. The molecule has 0 amide bonds. The number of carbonyl (C=O) groups excluding carboxylic acids is 1. The van der Waals surface area contributed by atoms with Gasteiger partial charge in [-0.05, 0) is 48.2 Å². The van der Waals surface area contributed by atoms with Gasteiger partial charge in [0, 0.05) is 10.5 Å². The number of hydrogen-bond acceptors (Lipinski definition) is 6. The summed E-state index contributed by atoms with van der Waals surface area (Å²) in [7, 11) is 3.11. The molecule has 1 heterocycles. The highest BCUT2D eigenvalue weighted by Crippen LogP contribution is 2.29. The first-order valence-corrected chi connectivity index (χ1v) is 8.76. The highest BCUT2D eigenvalue weighted by Gasteiger charge is 2.25. The Balaban J connectivity index is 1.90. The van der Waals surface area contributed by atoms with Gasteiger partial charge in [-0.1, -0.05) is 12.1 Å². The Morgan fingerprint density at radius 3 is 2.40 bits per heavy atom. The Morgan fingerprint density at radius 2 is 1.76 bits per heavy atom. The van der Waals surface area contributed by atoms with E-state index in [0.717, 1.165) is 10.5 Å². The number of nitrogens with zero attached hydrogens (tertiary/aromatic N) is 1. The van der Waals surface area contributed by atoms with E-state index in [2.05, 4.69) is 4.99 Å². The highest BCUT2D eigenvalue weighted by atomic mass is 32.2. The Bertz CT molecular complexity index is 856. The standard InChI is InChI=1S/C19H17NO4S/c1-22-16-9-6-13(11-17(16)23-2)18-20-15(19(21)24-18)10-12-4-7-14(25-3)8-5-12/h4-11H,1-3H3/b15-10-. The molecule has 3 rings (SSSR count). The number of hydrogen-bond donors (Lipinski definition) is 0. The molecule has 0 fully saturated rings. The van der Waals surface area contributed by atoms with Crippen molar-refractivity contribution in [1.82, 2.24) is 0 Å².